The maximum Gasteiger partial charge on any atom is 0.347 e. The van der Waals surface area contributed by atoms with Gasteiger partial charge >= 0.3 is 7.60 Å². The zero-order valence-electron chi connectivity index (χ0n) is 9.41. The first kappa shape index (κ1) is 14.9. The SMILES string of the molecule is Cl.O=C([C@@H]1CCCN1)N1CCCC1P(=O)(O)O. The van der Waals surface area contributed by atoms with Gasteiger partial charge in [-0.3, -0.25) is 9.36 Å². The van der Waals surface area contributed by atoms with Gasteiger partial charge in [0, 0.05) is 6.54 Å². The van der Waals surface area contributed by atoms with Crippen LogP contribution >= 0.6 is 20.0 Å². The van der Waals surface area contributed by atoms with E-state index in [-0.39, 0.29) is 24.4 Å². The van der Waals surface area contributed by atoms with E-state index < -0.39 is 13.4 Å². The van der Waals surface area contributed by atoms with Crippen molar-refractivity contribution in [1.29, 1.82) is 0 Å². The van der Waals surface area contributed by atoms with Gasteiger partial charge in [0.1, 0.15) is 5.78 Å². The molecular weight excluding hydrogens is 267 g/mol. The fourth-order valence-electron chi connectivity index (χ4n) is 2.45. The Hall–Kier alpha value is -0.130. The van der Waals surface area contributed by atoms with Crippen molar-refractivity contribution in [2.45, 2.75) is 37.5 Å². The van der Waals surface area contributed by atoms with Crippen LogP contribution in [0.3, 0.4) is 0 Å². The summed E-state index contributed by atoms with van der Waals surface area (Å²) in [6.45, 7) is 1.28. The Labute approximate surface area is 106 Å². The molecule has 0 radical (unpaired) electrons. The van der Waals surface area contributed by atoms with Crippen molar-refractivity contribution >= 4 is 25.9 Å². The number of nitrogens with zero attached hydrogens (tertiary/aromatic N) is 1. The summed E-state index contributed by atoms with van der Waals surface area (Å²) >= 11 is 0. The highest BCUT2D eigenvalue weighted by atomic mass is 35.5. The largest absolute Gasteiger partial charge is 0.347 e. The summed E-state index contributed by atoms with van der Waals surface area (Å²) in [4.78, 5) is 31.7. The fourth-order valence-corrected chi connectivity index (χ4v) is 3.56. The van der Waals surface area contributed by atoms with Gasteiger partial charge < -0.3 is 20.0 Å². The Morgan fingerprint density at radius 3 is 2.53 bits per heavy atom. The lowest BCUT2D eigenvalue weighted by Gasteiger charge is -2.27. The molecule has 2 heterocycles. The van der Waals surface area contributed by atoms with Crippen LogP contribution < -0.4 is 5.32 Å². The van der Waals surface area contributed by atoms with Gasteiger partial charge in [-0.05, 0) is 32.2 Å². The van der Waals surface area contributed by atoms with E-state index in [4.69, 9.17) is 0 Å². The number of rotatable bonds is 2. The van der Waals surface area contributed by atoms with Crippen LogP contribution in [-0.4, -0.2) is 45.5 Å². The number of hydrogen-bond donors (Lipinski definition) is 3. The highest BCUT2D eigenvalue weighted by molar-refractivity contribution is 7.52. The molecule has 0 spiro atoms. The molecule has 100 valence electrons. The first-order chi connectivity index (χ1) is 7.50. The van der Waals surface area contributed by atoms with Crippen molar-refractivity contribution in [3.8, 4) is 0 Å². The summed E-state index contributed by atoms with van der Waals surface area (Å²) < 4.78 is 11.2. The number of likely N-dealkylation sites (tertiary alicyclic amines) is 1. The van der Waals surface area contributed by atoms with Crippen LogP contribution in [0.25, 0.3) is 0 Å². The van der Waals surface area contributed by atoms with Crippen LogP contribution in [0.4, 0.5) is 0 Å². The van der Waals surface area contributed by atoms with Crippen LogP contribution in [0.1, 0.15) is 25.7 Å². The van der Waals surface area contributed by atoms with E-state index in [1.165, 1.54) is 4.90 Å². The third-order valence-corrected chi connectivity index (χ3v) is 4.56. The van der Waals surface area contributed by atoms with Crippen molar-refractivity contribution in [2.24, 2.45) is 0 Å². The summed E-state index contributed by atoms with van der Waals surface area (Å²) in [5, 5.41) is 3.06. The second-order valence-electron chi connectivity index (χ2n) is 4.39. The Morgan fingerprint density at radius 2 is 2.00 bits per heavy atom. The number of nitrogens with one attached hydrogen (secondary N) is 1. The lowest BCUT2D eigenvalue weighted by Crippen LogP contribution is -2.45. The predicted molar refractivity (Wildman–Crippen MR) is 65.1 cm³/mol. The number of carbonyl (C=O) groups excluding carboxylic acids is 1. The molecule has 2 saturated heterocycles. The highest BCUT2D eigenvalue weighted by Crippen LogP contribution is 2.48. The highest BCUT2D eigenvalue weighted by Gasteiger charge is 2.42. The van der Waals surface area contributed by atoms with Crippen LogP contribution in [0, 0.1) is 0 Å². The second kappa shape index (κ2) is 5.67. The van der Waals surface area contributed by atoms with Gasteiger partial charge in [0.2, 0.25) is 5.91 Å². The average molecular weight is 285 g/mol. The van der Waals surface area contributed by atoms with E-state index in [1.807, 2.05) is 0 Å². The van der Waals surface area contributed by atoms with E-state index in [1.54, 1.807) is 0 Å². The van der Waals surface area contributed by atoms with Gasteiger partial charge in [-0.25, -0.2) is 0 Å². The number of carbonyl (C=O) groups is 1. The van der Waals surface area contributed by atoms with E-state index in [0.717, 1.165) is 19.4 Å². The van der Waals surface area contributed by atoms with Crippen LogP contribution in [0.2, 0.25) is 0 Å². The first-order valence-corrected chi connectivity index (χ1v) is 7.27. The summed E-state index contributed by atoms with van der Waals surface area (Å²) in [6, 6.07) is -0.243. The number of hydrogen-bond acceptors (Lipinski definition) is 3. The molecule has 2 aliphatic rings. The summed E-state index contributed by atoms with van der Waals surface area (Å²) in [7, 11) is -4.19. The maximum absolute atomic E-state index is 12.0. The maximum atomic E-state index is 12.0. The van der Waals surface area contributed by atoms with Crippen molar-refractivity contribution < 1.29 is 19.1 Å². The minimum absolute atomic E-state index is 0. The van der Waals surface area contributed by atoms with E-state index in [9.17, 15) is 19.1 Å². The van der Waals surface area contributed by atoms with Gasteiger partial charge in [-0.1, -0.05) is 0 Å². The van der Waals surface area contributed by atoms with Gasteiger partial charge in [0.05, 0.1) is 6.04 Å². The van der Waals surface area contributed by atoms with Crippen molar-refractivity contribution in [2.75, 3.05) is 13.1 Å². The standard InChI is InChI=1S/C9H17N2O4P.ClH/c12-9(7-3-1-5-10-7)11-6-2-4-8(11)16(13,14)15;/h7-8,10H,1-6H2,(H2,13,14,15);1H/t7-,8?;/m0./s1. The summed E-state index contributed by atoms with van der Waals surface area (Å²) in [5.74, 6) is -1.05. The van der Waals surface area contributed by atoms with Gasteiger partial charge in [-0.2, -0.15) is 0 Å². The number of halogens is 1. The average Bonchev–Trinajstić information content (AvgIpc) is 2.87. The Balaban J connectivity index is 0.00000144. The molecule has 17 heavy (non-hydrogen) atoms. The molecule has 8 heteroatoms. The van der Waals surface area contributed by atoms with E-state index in [0.29, 0.717) is 19.4 Å². The molecule has 1 unspecified atom stereocenters. The van der Waals surface area contributed by atoms with Gasteiger partial charge in [0.25, 0.3) is 0 Å². The predicted octanol–water partition coefficient (Wildman–Crippen LogP) is 0.286. The second-order valence-corrected chi connectivity index (χ2v) is 6.17. The Kier molecular flexibility index (Phi) is 4.98. The molecule has 0 aromatic heterocycles. The zero-order chi connectivity index (χ0) is 11.8. The molecule has 0 aromatic carbocycles. The molecule has 1 amide bonds. The molecule has 6 nitrogen and oxygen atoms in total. The quantitative estimate of drug-likeness (QED) is 0.634. The normalized spacial score (nSPS) is 29.2. The topological polar surface area (TPSA) is 89.9 Å². The minimum Gasteiger partial charge on any atom is -0.327 e. The van der Waals surface area contributed by atoms with Crippen LogP contribution in [-0.2, 0) is 9.36 Å². The molecule has 2 fully saturated rings. The smallest absolute Gasteiger partial charge is 0.327 e. The molecule has 0 aliphatic carbocycles. The molecule has 2 aliphatic heterocycles. The minimum atomic E-state index is -4.19. The molecule has 2 rings (SSSR count). The number of amides is 1. The molecule has 3 N–H and O–H groups in total. The van der Waals surface area contributed by atoms with Crippen LogP contribution in [0.15, 0.2) is 0 Å². The Bertz CT molecular complexity index is 329. The van der Waals surface area contributed by atoms with Crippen molar-refractivity contribution in [3.05, 3.63) is 0 Å². The zero-order valence-corrected chi connectivity index (χ0v) is 11.1. The monoisotopic (exact) mass is 284 g/mol. The third kappa shape index (κ3) is 3.20. The van der Waals surface area contributed by atoms with Gasteiger partial charge in [-0.15, -0.1) is 12.4 Å². The molecule has 2 atom stereocenters. The van der Waals surface area contributed by atoms with Gasteiger partial charge in [0.15, 0.2) is 0 Å². The summed E-state index contributed by atoms with van der Waals surface area (Å²) in [6.07, 6.45) is 2.80. The molecule has 0 aromatic rings. The first-order valence-electron chi connectivity index (χ1n) is 5.59. The van der Waals surface area contributed by atoms with Crippen LogP contribution in [0.5, 0.6) is 0 Å². The lowest BCUT2D eigenvalue weighted by molar-refractivity contribution is -0.132. The molecule has 0 saturated carbocycles. The summed E-state index contributed by atoms with van der Waals surface area (Å²) in [5.41, 5.74) is 0. The third-order valence-electron chi connectivity index (χ3n) is 3.25. The van der Waals surface area contributed by atoms with Crippen molar-refractivity contribution in [1.82, 2.24) is 10.2 Å². The van der Waals surface area contributed by atoms with E-state index >= 15 is 0 Å². The fraction of sp³-hybridized carbons (Fsp3) is 0.889. The molecule has 0 bridgehead atoms. The van der Waals surface area contributed by atoms with E-state index in [2.05, 4.69) is 5.32 Å². The molecular formula is C9H18ClN2O4P. The lowest BCUT2D eigenvalue weighted by atomic mass is 10.2. The van der Waals surface area contributed by atoms with Crippen molar-refractivity contribution in [3.63, 3.8) is 0 Å². The Morgan fingerprint density at radius 1 is 1.29 bits per heavy atom.